The van der Waals surface area contributed by atoms with E-state index in [9.17, 15) is 9.59 Å². The van der Waals surface area contributed by atoms with Crippen LogP contribution in [0.4, 0.5) is 4.79 Å². The lowest BCUT2D eigenvalue weighted by atomic mass is 10.3. The highest BCUT2D eigenvalue weighted by molar-refractivity contribution is 5.78. The predicted molar refractivity (Wildman–Crippen MR) is 88.4 cm³/mol. The van der Waals surface area contributed by atoms with Crippen molar-refractivity contribution in [2.45, 2.75) is 26.3 Å². The fourth-order valence-electron chi connectivity index (χ4n) is 2.46. The van der Waals surface area contributed by atoms with Gasteiger partial charge in [0.25, 0.3) is 5.91 Å². The molecule has 0 spiro atoms. The molecule has 0 aromatic heterocycles. The third-order valence-corrected chi connectivity index (χ3v) is 3.65. The maximum atomic E-state index is 12.3. The van der Waals surface area contributed by atoms with Gasteiger partial charge in [-0.25, -0.2) is 4.79 Å². The van der Waals surface area contributed by atoms with Gasteiger partial charge in [-0.15, -0.1) is 0 Å². The number of carbonyl (C=O) groups is 2. The third kappa shape index (κ3) is 5.47. The molecule has 6 nitrogen and oxygen atoms in total. The molecule has 0 radical (unpaired) electrons. The molecule has 0 unspecified atom stereocenters. The number of hydrogen-bond acceptors (Lipinski definition) is 3. The molecule has 3 amide bonds. The van der Waals surface area contributed by atoms with Crippen molar-refractivity contribution in [3.05, 3.63) is 30.3 Å². The van der Waals surface area contributed by atoms with Crippen molar-refractivity contribution in [1.29, 1.82) is 0 Å². The molecular weight excluding hydrogens is 294 g/mol. The zero-order chi connectivity index (χ0) is 16.7. The van der Waals surface area contributed by atoms with E-state index in [1.54, 1.807) is 9.80 Å². The van der Waals surface area contributed by atoms with E-state index in [1.165, 1.54) is 0 Å². The first-order valence-electron chi connectivity index (χ1n) is 8.07. The number of para-hydroxylation sites is 1. The molecule has 1 saturated heterocycles. The predicted octanol–water partition coefficient (Wildman–Crippen LogP) is 1.72. The smallest absolute Gasteiger partial charge is 0.317 e. The summed E-state index contributed by atoms with van der Waals surface area (Å²) in [4.78, 5) is 27.8. The lowest BCUT2D eigenvalue weighted by Gasteiger charge is -2.23. The summed E-state index contributed by atoms with van der Waals surface area (Å²) >= 11 is 0. The van der Waals surface area contributed by atoms with Gasteiger partial charge in [0.15, 0.2) is 6.61 Å². The Morgan fingerprint density at radius 1 is 1.09 bits per heavy atom. The Labute approximate surface area is 137 Å². The van der Waals surface area contributed by atoms with Crippen molar-refractivity contribution in [3.8, 4) is 5.75 Å². The minimum Gasteiger partial charge on any atom is -0.484 e. The van der Waals surface area contributed by atoms with Crippen molar-refractivity contribution in [2.24, 2.45) is 0 Å². The lowest BCUT2D eigenvalue weighted by Crippen LogP contribution is -2.45. The van der Waals surface area contributed by atoms with Gasteiger partial charge in [-0.2, -0.15) is 0 Å². The highest BCUT2D eigenvalue weighted by atomic mass is 16.5. The van der Waals surface area contributed by atoms with Crippen LogP contribution in [0.25, 0.3) is 0 Å². The second-order valence-electron chi connectivity index (χ2n) is 5.93. The summed E-state index contributed by atoms with van der Waals surface area (Å²) < 4.78 is 5.50. The summed E-state index contributed by atoms with van der Waals surface area (Å²) in [5.41, 5.74) is 0. The molecule has 6 heteroatoms. The van der Waals surface area contributed by atoms with Crippen LogP contribution in [0.15, 0.2) is 30.3 Å². The Hall–Kier alpha value is -2.24. The summed E-state index contributed by atoms with van der Waals surface area (Å²) in [6.07, 6.45) is 0.780. The SMILES string of the molecule is CC(C)NC(=O)N1CCCN(C(=O)COc2ccccc2)CC1. The number of hydrogen-bond donors (Lipinski definition) is 1. The Bertz CT molecular complexity index is 519. The average Bonchev–Trinajstić information content (AvgIpc) is 2.79. The van der Waals surface area contributed by atoms with Crippen LogP contribution in [0.3, 0.4) is 0 Å². The van der Waals surface area contributed by atoms with Crippen LogP contribution in [0.5, 0.6) is 5.75 Å². The monoisotopic (exact) mass is 319 g/mol. The van der Waals surface area contributed by atoms with Gasteiger partial charge < -0.3 is 19.9 Å². The zero-order valence-electron chi connectivity index (χ0n) is 13.8. The highest BCUT2D eigenvalue weighted by Gasteiger charge is 2.22. The molecule has 2 rings (SSSR count). The van der Waals surface area contributed by atoms with Crippen LogP contribution in [-0.4, -0.2) is 60.6 Å². The van der Waals surface area contributed by atoms with Gasteiger partial charge in [0, 0.05) is 32.2 Å². The molecule has 23 heavy (non-hydrogen) atoms. The van der Waals surface area contributed by atoms with Crippen LogP contribution < -0.4 is 10.1 Å². The summed E-state index contributed by atoms with van der Waals surface area (Å²) in [5.74, 6) is 0.647. The maximum Gasteiger partial charge on any atom is 0.317 e. The molecule has 0 aliphatic carbocycles. The van der Waals surface area contributed by atoms with Crippen LogP contribution in [-0.2, 0) is 4.79 Å². The normalized spacial score (nSPS) is 15.3. The molecule has 126 valence electrons. The van der Waals surface area contributed by atoms with E-state index >= 15 is 0 Å². The Morgan fingerprint density at radius 3 is 2.43 bits per heavy atom. The standard InChI is InChI=1S/C17H25N3O3/c1-14(2)18-17(22)20-10-6-9-19(11-12-20)16(21)13-23-15-7-4-3-5-8-15/h3-5,7-8,14H,6,9-13H2,1-2H3,(H,18,22). The van der Waals surface area contributed by atoms with Crippen LogP contribution in [0.2, 0.25) is 0 Å². The van der Waals surface area contributed by atoms with Gasteiger partial charge in [0.1, 0.15) is 5.75 Å². The summed E-state index contributed by atoms with van der Waals surface area (Å²) in [5, 5.41) is 2.89. The first-order chi connectivity index (χ1) is 11.1. The minimum absolute atomic E-state index is 0.0300. The molecule has 1 aromatic rings. The van der Waals surface area contributed by atoms with Crippen molar-refractivity contribution >= 4 is 11.9 Å². The molecule has 0 saturated carbocycles. The second kappa shape index (κ2) is 8.41. The van der Waals surface area contributed by atoms with E-state index in [2.05, 4.69) is 5.32 Å². The Kier molecular flexibility index (Phi) is 6.26. The van der Waals surface area contributed by atoms with Crippen molar-refractivity contribution in [1.82, 2.24) is 15.1 Å². The minimum atomic E-state index is -0.0603. The number of carbonyl (C=O) groups excluding carboxylic acids is 2. The molecule has 0 bridgehead atoms. The zero-order valence-corrected chi connectivity index (χ0v) is 13.8. The topological polar surface area (TPSA) is 61.9 Å². The highest BCUT2D eigenvalue weighted by Crippen LogP contribution is 2.09. The van der Waals surface area contributed by atoms with E-state index in [-0.39, 0.29) is 24.6 Å². The molecule has 1 N–H and O–H groups in total. The molecule has 1 aliphatic heterocycles. The molecule has 0 atom stereocenters. The van der Waals surface area contributed by atoms with E-state index < -0.39 is 0 Å². The molecule has 1 heterocycles. The largest absolute Gasteiger partial charge is 0.484 e. The molecular formula is C17H25N3O3. The van der Waals surface area contributed by atoms with Gasteiger partial charge in [-0.3, -0.25) is 4.79 Å². The van der Waals surface area contributed by atoms with Gasteiger partial charge in [0.05, 0.1) is 0 Å². The van der Waals surface area contributed by atoms with Crippen molar-refractivity contribution < 1.29 is 14.3 Å². The van der Waals surface area contributed by atoms with E-state index in [0.717, 1.165) is 6.42 Å². The quantitative estimate of drug-likeness (QED) is 0.919. The maximum absolute atomic E-state index is 12.3. The number of nitrogens with zero attached hydrogens (tertiary/aromatic N) is 2. The van der Waals surface area contributed by atoms with E-state index in [4.69, 9.17) is 4.74 Å². The van der Waals surface area contributed by atoms with Crippen LogP contribution in [0, 0.1) is 0 Å². The van der Waals surface area contributed by atoms with Crippen LogP contribution >= 0.6 is 0 Å². The van der Waals surface area contributed by atoms with Crippen molar-refractivity contribution in [3.63, 3.8) is 0 Å². The van der Waals surface area contributed by atoms with Crippen LogP contribution in [0.1, 0.15) is 20.3 Å². The number of rotatable bonds is 4. The number of ether oxygens (including phenoxy) is 1. The lowest BCUT2D eigenvalue weighted by molar-refractivity contribution is -0.133. The van der Waals surface area contributed by atoms with Gasteiger partial charge in [-0.1, -0.05) is 18.2 Å². The fraction of sp³-hybridized carbons (Fsp3) is 0.529. The molecule has 1 aliphatic rings. The first-order valence-corrected chi connectivity index (χ1v) is 8.07. The number of amides is 3. The van der Waals surface area contributed by atoms with Gasteiger partial charge in [-0.05, 0) is 32.4 Å². The Balaban J connectivity index is 1.80. The molecule has 1 fully saturated rings. The van der Waals surface area contributed by atoms with Gasteiger partial charge >= 0.3 is 6.03 Å². The van der Waals surface area contributed by atoms with E-state index in [1.807, 2.05) is 44.2 Å². The summed E-state index contributed by atoms with van der Waals surface area (Å²) in [6.45, 7) is 6.32. The summed E-state index contributed by atoms with van der Waals surface area (Å²) in [6, 6.07) is 9.35. The second-order valence-corrected chi connectivity index (χ2v) is 5.93. The van der Waals surface area contributed by atoms with E-state index in [0.29, 0.717) is 31.9 Å². The number of urea groups is 1. The summed E-state index contributed by atoms with van der Waals surface area (Å²) in [7, 11) is 0. The Morgan fingerprint density at radius 2 is 1.74 bits per heavy atom. The number of nitrogens with one attached hydrogen (secondary N) is 1. The third-order valence-electron chi connectivity index (χ3n) is 3.65. The first kappa shape index (κ1) is 17.1. The average molecular weight is 319 g/mol. The van der Waals surface area contributed by atoms with Gasteiger partial charge in [0.2, 0.25) is 0 Å². The van der Waals surface area contributed by atoms with Crippen molar-refractivity contribution in [2.75, 3.05) is 32.8 Å². The molecule has 1 aromatic carbocycles. The fourth-order valence-corrected chi connectivity index (χ4v) is 2.46. The number of benzene rings is 1.